The van der Waals surface area contributed by atoms with E-state index in [1.54, 1.807) is 11.0 Å². The molecule has 0 atom stereocenters. The van der Waals surface area contributed by atoms with Gasteiger partial charge in [-0.15, -0.1) is 0 Å². The highest BCUT2D eigenvalue weighted by atomic mass is 35.5. The van der Waals surface area contributed by atoms with E-state index in [2.05, 4.69) is 9.64 Å². The quantitative estimate of drug-likeness (QED) is 0.349. The number of ether oxygens (including phenoxy) is 3. The van der Waals surface area contributed by atoms with Crippen molar-refractivity contribution in [3.05, 3.63) is 58.6 Å². The summed E-state index contributed by atoms with van der Waals surface area (Å²) >= 11 is 6.30. The van der Waals surface area contributed by atoms with Crippen LogP contribution in [0.4, 0.5) is 5.69 Å². The molecule has 3 rings (SSSR count). The summed E-state index contributed by atoms with van der Waals surface area (Å²) in [5, 5.41) is 9.80. The van der Waals surface area contributed by atoms with Gasteiger partial charge < -0.3 is 24.0 Å². The van der Waals surface area contributed by atoms with Crippen LogP contribution in [-0.2, 0) is 14.3 Å². The molecule has 0 N–H and O–H groups in total. The van der Waals surface area contributed by atoms with E-state index in [0.717, 1.165) is 5.69 Å². The lowest BCUT2D eigenvalue weighted by molar-refractivity contribution is -0.142. The van der Waals surface area contributed by atoms with Crippen molar-refractivity contribution in [1.29, 1.82) is 5.26 Å². The normalized spacial score (nSPS) is 13.8. The number of methoxy groups -OCH3 is 2. The summed E-state index contributed by atoms with van der Waals surface area (Å²) in [7, 11) is 2.67. The molecule has 0 aromatic heterocycles. The van der Waals surface area contributed by atoms with Crippen LogP contribution in [0.15, 0.2) is 48.0 Å². The molecule has 0 spiro atoms. The molecule has 1 heterocycles. The molecule has 0 bridgehead atoms. The number of nitriles is 1. The van der Waals surface area contributed by atoms with E-state index in [-0.39, 0.29) is 34.6 Å². The van der Waals surface area contributed by atoms with Crippen LogP contribution >= 0.6 is 11.6 Å². The number of anilines is 1. The van der Waals surface area contributed by atoms with Gasteiger partial charge in [-0.25, -0.2) is 4.79 Å². The zero-order valence-corrected chi connectivity index (χ0v) is 19.2. The number of piperazine rings is 1. The van der Waals surface area contributed by atoms with Gasteiger partial charge >= 0.3 is 5.97 Å². The Morgan fingerprint density at radius 1 is 1.12 bits per heavy atom. The first-order valence-electron chi connectivity index (χ1n) is 10.2. The van der Waals surface area contributed by atoms with E-state index in [4.69, 9.17) is 21.1 Å². The third-order valence-corrected chi connectivity index (χ3v) is 5.44. The van der Waals surface area contributed by atoms with Crippen LogP contribution in [0.3, 0.4) is 0 Å². The number of amides is 1. The Bertz CT molecular complexity index is 1070. The molecule has 8 nitrogen and oxygen atoms in total. The summed E-state index contributed by atoms with van der Waals surface area (Å²) in [6, 6.07) is 15.1. The van der Waals surface area contributed by atoms with Gasteiger partial charge in [-0.05, 0) is 35.9 Å². The van der Waals surface area contributed by atoms with Crippen LogP contribution in [0, 0.1) is 11.3 Å². The van der Waals surface area contributed by atoms with Gasteiger partial charge in [0.15, 0.2) is 18.1 Å². The van der Waals surface area contributed by atoms with E-state index in [9.17, 15) is 14.9 Å². The molecule has 0 aliphatic carbocycles. The van der Waals surface area contributed by atoms with Crippen LogP contribution in [0.1, 0.15) is 5.56 Å². The molecule has 9 heteroatoms. The topological polar surface area (TPSA) is 92.1 Å². The Hall–Kier alpha value is -3.70. The highest BCUT2D eigenvalue weighted by Crippen LogP contribution is 2.37. The Kier molecular flexibility index (Phi) is 8.17. The molecule has 1 amide bonds. The number of halogens is 1. The zero-order valence-electron chi connectivity index (χ0n) is 18.4. The lowest BCUT2D eigenvalue weighted by atomic mass is 10.1. The van der Waals surface area contributed by atoms with Crippen molar-refractivity contribution in [3.8, 4) is 17.6 Å². The summed E-state index contributed by atoms with van der Waals surface area (Å²) in [6.45, 7) is 2.05. The number of benzene rings is 2. The highest BCUT2D eigenvalue weighted by Gasteiger charge is 2.24. The van der Waals surface area contributed by atoms with Crippen molar-refractivity contribution in [2.45, 2.75) is 0 Å². The van der Waals surface area contributed by atoms with E-state index in [0.29, 0.717) is 31.7 Å². The van der Waals surface area contributed by atoms with Gasteiger partial charge in [0.1, 0.15) is 11.6 Å². The first kappa shape index (κ1) is 24.0. The molecule has 2 aromatic rings. The van der Waals surface area contributed by atoms with Crippen molar-refractivity contribution in [2.24, 2.45) is 0 Å². The van der Waals surface area contributed by atoms with Gasteiger partial charge in [-0.2, -0.15) is 5.26 Å². The first-order valence-corrected chi connectivity index (χ1v) is 10.6. The summed E-state index contributed by atoms with van der Waals surface area (Å²) < 4.78 is 15.2. The van der Waals surface area contributed by atoms with Crippen LogP contribution in [0.25, 0.3) is 6.08 Å². The Morgan fingerprint density at radius 2 is 1.82 bits per heavy atom. The summed E-state index contributed by atoms with van der Waals surface area (Å²) in [5.74, 6) is -0.476. The minimum Gasteiger partial charge on any atom is -0.493 e. The van der Waals surface area contributed by atoms with Crippen LogP contribution in [0.5, 0.6) is 11.5 Å². The monoisotopic (exact) mass is 469 g/mol. The fourth-order valence-corrected chi connectivity index (χ4v) is 3.71. The predicted molar refractivity (Wildman–Crippen MR) is 124 cm³/mol. The van der Waals surface area contributed by atoms with Crippen molar-refractivity contribution in [1.82, 2.24) is 4.90 Å². The van der Waals surface area contributed by atoms with Crippen LogP contribution in [0.2, 0.25) is 5.02 Å². The molecule has 0 unspecified atom stereocenters. The second-order valence-corrected chi connectivity index (χ2v) is 7.59. The Morgan fingerprint density at radius 3 is 2.42 bits per heavy atom. The molecule has 1 aliphatic rings. The molecular formula is C24H24ClN3O5. The van der Waals surface area contributed by atoms with Crippen LogP contribution < -0.4 is 14.4 Å². The Balaban J connectivity index is 1.73. The minimum absolute atomic E-state index is 0.00971. The van der Waals surface area contributed by atoms with Gasteiger partial charge in [0.2, 0.25) is 0 Å². The largest absolute Gasteiger partial charge is 0.493 e. The first-order chi connectivity index (χ1) is 16.0. The second-order valence-electron chi connectivity index (χ2n) is 7.18. The average Bonchev–Trinajstić information content (AvgIpc) is 2.86. The zero-order chi connectivity index (χ0) is 23.8. The van der Waals surface area contributed by atoms with Gasteiger partial charge in [0.25, 0.3) is 5.91 Å². The van der Waals surface area contributed by atoms with Crippen LogP contribution in [-0.4, -0.2) is 63.8 Å². The minimum atomic E-state index is -0.568. The smallest absolute Gasteiger partial charge is 0.343 e. The standard InChI is InChI=1S/C24H24ClN3O5/c1-31-21-14-17(13-20(25)23(21)33-16-22(29)32-2)12-18(15-26)24(30)28-10-8-27(9-11-28)19-6-4-3-5-7-19/h3-7,12-14H,8-11,16H2,1-2H3/b18-12-. The van der Waals surface area contributed by atoms with Gasteiger partial charge in [-0.1, -0.05) is 29.8 Å². The summed E-state index contributed by atoms with van der Waals surface area (Å²) in [6.07, 6.45) is 1.46. The van der Waals surface area contributed by atoms with E-state index in [1.165, 1.54) is 26.4 Å². The van der Waals surface area contributed by atoms with Crippen molar-refractivity contribution in [3.63, 3.8) is 0 Å². The number of rotatable bonds is 7. The maximum atomic E-state index is 13.0. The van der Waals surface area contributed by atoms with Crippen molar-refractivity contribution >= 4 is 35.2 Å². The second kappa shape index (κ2) is 11.2. The van der Waals surface area contributed by atoms with Crippen molar-refractivity contribution in [2.75, 3.05) is 51.9 Å². The van der Waals surface area contributed by atoms with E-state index < -0.39 is 5.97 Å². The maximum Gasteiger partial charge on any atom is 0.343 e. The number of carbonyl (C=O) groups is 2. The number of para-hydroxylation sites is 1. The molecule has 1 aliphatic heterocycles. The fourth-order valence-electron chi connectivity index (χ4n) is 3.44. The SMILES string of the molecule is COC(=O)COc1c(Cl)cc(/C=C(/C#N)C(=O)N2CCN(c3ccccc3)CC2)cc1OC. The molecule has 172 valence electrons. The Labute approximate surface area is 197 Å². The third-order valence-electron chi connectivity index (χ3n) is 5.16. The number of hydrogen-bond acceptors (Lipinski definition) is 7. The lowest BCUT2D eigenvalue weighted by Crippen LogP contribution is -2.49. The van der Waals surface area contributed by atoms with E-state index >= 15 is 0 Å². The molecule has 33 heavy (non-hydrogen) atoms. The lowest BCUT2D eigenvalue weighted by Gasteiger charge is -2.36. The van der Waals surface area contributed by atoms with Crippen molar-refractivity contribution < 1.29 is 23.8 Å². The molecule has 0 saturated carbocycles. The average molecular weight is 470 g/mol. The predicted octanol–water partition coefficient (Wildman–Crippen LogP) is 3.16. The molecular weight excluding hydrogens is 446 g/mol. The van der Waals surface area contributed by atoms with Gasteiger partial charge in [0, 0.05) is 31.9 Å². The number of nitrogens with zero attached hydrogens (tertiary/aromatic N) is 3. The van der Waals surface area contributed by atoms with E-state index in [1.807, 2.05) is 36.4 Å². The molecule has 1 fully saturated rings. The number of esters is 1. The molecule has 0 radical (unpaired) electrons. The molecule has 2 aromatic carbocycles. The third kappa shape index (κ3) is 5.96. The summed E-state index contributed by atoms with van der Waals surface area (Å²) in [5.41, 5.74) is 1.59. The van der Waals surface area contributed by atoms with Gasteiger partial charge in [-0.3, -0.25) is 4.79 Å². The van der Waals surface area contributed by atoms with Gasteiger partial charge in [0.05, 0.1) is 19.2 Å². The summed E-state index contributed by atoms with van der Waals surface area (Å²) in [4.78, 5) is 28.2. The number of carbonyl (C=O) groups excluding carboxylic acids is 2. The molecule has 1 saturated heterocycles. The highest BCUT2D eigenvalue weighted by molar-refractivity contribution is 6.32. The maximum absolute atomic E-state index is 13.0. The fraction of sp³-hybridized carbons (Fsp3) is 0.292. The number of hydrogen-bond donors (Lipinski definition) is 0.